The molecule has 1 fully saturated rings. The predicted molar refractivity (Wildman–Crippen MR) is 63.1 cm³/mol. The van der Waals surface area contributed by atoms with Crippen molar-refractivity contribution < 1.29 is 17.9 Å². The molecular weight excluding hydrogens is 258 g/mol. The molecule has 8 heteroatoms. The van der Waals surface area contributed by atoms with E-state index in [9.17, 15) is 13.2 Å². The van der Waals surface area contributed by atoms with Gasteiger partial charge in [-0.3, -0.25) is 4.79 Å². The second-order valence-corrected chi connectivity index (χ2v) is 6.25. The van der Waals surface area contributed by atoms with E-state index in [1.807, 2.05) is 0 Å². The number of carbonyl (C=O) groups is 1. The third kappa shape index (κ3) is 2.95. The normalized spacial score (nSPS) is 21.5. The van der Waals surface area contributed by atoms with Gasteiger partial charge in [-0.2, -0.15) is 0 Å². The van der Waals surface area contributed by atoms with Crippen molar-refractivity contribution >= 4 is 15.7 Å². The summed E-state index contributed by atoms with van der Waals surface area (Å²) >= 11 is 0. The molecule has 1 unspecified atom stereocenters. The minimum atomic E-state index is -3.01. The lowest BCUT2D eigenvalue weighted by atomic mass is 10.2. The van der Waals surface area contributed by atoms with Gasteiger partial charge in [-0.05, 0) is 6.42 Å². The number of methoxy groups -OCH3 is 1. The summed E-state index contributed by atoms with van der Waals surface area (Å²) in [7, 11) is -1.57. The third-order valence-electron chi connectivity index (χ3n) is 2.65. The first-order valence-corrected chi connectivity index (χ1v) is 7.19. The Balaban J connectivity index is 2.04. The van der Waals surface area contributed by atoms with Crippen LogP contribution in [-0.2, 0) is 9.84 Å². The summed E-state index contributed by atoms with van der Waals surface area (Å²) in [6, 6.07) is 1.06. The molecule has 0 saturated carbocycles. The van der Waals surface area contributed by atoms with Crippen LogP contribution in [0.4, 0.5) is 0 Å². The number of hydrogen-bond donors (Lipinski definition) is 1. The zero-order valence-electron chi connectivity index (χ0n) is 9.79. The van der Waals surface area contributed by atoms with Crippen LogP contribution in [-0.4, -0.2) is 49.0 Å². The highest BCUT2D eigenvalue weighted by Crippen LogP contribution is 2.12. The fourth-order valence-corrected chi connectivity index (χ4v) is 3.42. The Labute approximate surface area is 105 Å². The van der Waals surface area contributed by atoms with E-state index in [2.05, 4.69) is 15.3 Å². The van der Waals surface area contributed by atoms with Gasteiger partial charge in [0.15, 0.2) is 9.84 Å². The van der Waals surface area contributed by atoms with Crippen molar-refractivity contribution in [2.45, 2.75) is 12.5 Å². The number of hydrogen-bond acceptors (Lipinski definition) is 6. The summed E-state index contributed by atoms with van der Waals surface area (Å²) in [5, 5.41) is 2.64. The van der Waals surface area contributed by atoms with Crippen molar-refractivity contribution in [2.24, 2.45) is 0 Å². The van der Waals surface area contributed by atoms with Gasteiger partial charge in [-0.1, -0.05) is 0 Å². The van der Waals surface area contributed by atoms with Gasteiger partial charge in [0.2, 0.25) is 5.88 Å². The number of sulfone groups is 1. The highest BCUT2D eigenvalue weighted by molar-refractivity contribution is 7.91. The highest BCUT2D eigenvalue weighted by Gasteiger charge is 2.29. The van der Waals surface area contributed by atoms with Crippen LogP contribution in [0, 0.1) is 0 Å². The number of nitrogens with one attached hydrogen (secondary N) is 1. The fraction of sp³-hybridized carbons (Fsp3) is 0.500. The van der Waals surface area contributed by atoms with Crippen LogP contribution in [0.1, 0.15) is 16.9 Å². The Morgan fingerprint density at radius 3 is 2.89 bits per heavy atom. The van der Waals surface area contributed by atoms with Crippen LogP contribution in [0.15, 0.2) is 12.4 Å². The van der Waals surface area contributed by atoms with Crippen molar-refractivity contribution in [1.29, 1.82) is 0 Å². The molecule has 0 bridgehead atoms. The van der Waals surface area contributed by atoms with Gasteiger partial charge in [-0.15, -0.1) is 0 Å². The molecule has 0 spiro atoms. The molecule has 0 aromatic carbocycles. The standard InChI is InChI=1S/C10H13N3O4S/c1-17-9-4-8(11-6-12-9)10(14)13-7-2-3-18(15,16)5-7/h4,6-7H,2-3,5H2,1H3,(H,13,14). The monoisotopic (exact) mass is 271 g/mol. The minimum absolute atomic E-state index is 0.0129. The number of carbonyl (C=O) groups excluding carboxylic acids is 1. The third-order valence-corrected chi connectivity index (χ3v) is 4.42. The molecule has 1 aliphatic rings. The maximum Gasteiger partial charge on any atom is 0.270 e. The number of aromatic nitrogens is 2. The van der Waals surface area contributed by atoms with Crippen LogP contribution >= 0.6 is 0 Å². The summed E-state index contributed by atoms with van der Waals surface area (Å²) in [5.74, 6) is -0.0292. The maximum atomic E-state index is 11.8. The highest BCUT2D eigenvalue weighted by atomic mass is 32.2. The lowest BCUT2D eigenvalue weighted by molar-refractivity contribution is 0.0935. The molecule has 98 valence electrons. The van der Waals surface area contributed by atoms with E-state index < -0.39 is 15.7 Å². The van der Waals surface area contributed by atoms with Gasteiger partial charge < -0.3 is 10.1 Å². The van der Waals surface area contributed by atoms with Crippen molar-refractivity contribution in [3.8, 4) is 5.88 Å². The quantitative estimate of drug-likeness (QED) is 0.788. The minimum Gasteiger partial charge on any atom is -0.481 e. The molecule has 1 aromatic rings. The van der Waals surface area contributed by atoms with Crippen LogP contribution in [0.5, 0.6) is 5.88 Å². The first-order chi connectivity index (χ1) is 8.50. The SMILES string of the molecule is COc1cc(C(=O)NC2CCS(=O)(=O)C2)ncn1. The van der Waals surface area contributed by atoms with Gasteiger partial charge >= 0.3 is 0 Å². The van der Waals surface area contributed by atoms with Crippen molar-refractivity contribution in [3.63, 3.8) is 0 Å². The van der Waals surface area contributed by atoms with E-state index in [0.717, 1.165) is 0 Å². The van der Waals surface area contributed by atoms with Crippen molar-refractivity contribution in [1.82, 2.24) is 15.3 Å². The molecule has 2 rings (SSSR count). The molecule has 1 saturated heterocycles. The molecule has 2 heterocycles. The molecule has 7 nitrogen and oxygen atoms in total. The molecule has 1 aliphatic heterocycles. The topological polar surface area (TPSA) is 98.2 Å². The van der Waals surface area contributed by atoms with Crippen LogP contribution in [0.3, 0.4) is 0 Å². The average molecular weight is 271 g/mol. The van der Waals surface area contributed by atoms with E-state index in [4.69, 9.17) is 4.74 Å². The Morgan fingerprint density at radius 2 is 2.28 bits per heavy atom. The smallest absolute Gasteiger partial charge is 0.270 e. The summed E-state index contributed by atoms with van der Waals surface area (Å²) in [6.45, 7) is 0. The van der Waals surface area contributed by atoms with Gasteiger partial charge in [0, 0.05) is 12.1 Å². The second-order valence-electron chi connectivity index (χ2n) is 4.02. The van der Waals surface area contributed by atoms with E-state index in [1.54, 1.807) is 0 Å². The van der Waals surface area contributed by atoms with Gasteiger partial charge in [0.05, 0.1) is 18.6 Å². The molecule has 1 N–H and O–H groups in total. The van der Waals surface area contributed by atoms with Crippen LogP contribution in [0.2, 0.25) is 0 Å². The van der Waals surface area contributed by atoms with Gasteiger partial charge in [0.25, 0.3) is 5.91 Å². The number of amides is 1. The number of ether oxygens (including phenoxy) is 1. The van der Waals surface area contributed by atoms with E-state index >= 15 is 0 Å². The Hall–Kier alpha value is -1.70. The molecule has 18 heavy (non-hydrogen) atoms. The zero-order chi connectivity index (χ0) is 13.2. The largest absolute Gasteiger partial charge is 0.481 e. The summed E-state index contributed by atoms with van der Waals surface area (Å²) < 4.78 is 27.4. The number of rotatable bonds is 3. The predicted octanol–water partition coefficient (Wildman–Crippen LogP) is -0.598. The van der Waals surface area contributed by atoms with Crippen LogP contribution in [0.25, 0.3) is 0 Å². The summed E-state index contributed by atoms with van der Waals surface area (Å²) in [6.07, 6.45) is 1.66. The van der Waals surface area contributed by atoms with E-state index in [-0.39, 0.29) is 29.1 Å². The van der Waals surface area contributed by atoms with Crippen molar-refractivity contribution in [2.75, 3.05) is 18.6 Å². The first kappa shape index (κ1) is 12.7. The second kappa shape index (κ2) is 4.89. The molecule has 1 amide bonds. The van der Waals surface area contributed by atoms with Gasteiger partial charge in [-0.25, -0.2) is 18.4 Å². The maximum absolute atomic E-state index is 11.8. The van der Waals surface area contributed by atoms with Gasteiger partial charge in [0.1, 0.15) is 12.0 Å². The Bertz CT molecular complexity index is 558. The average Bonchev–Trinajstić information content (AvgIpc) is 2.68. The van der Waals surface area contributed by atoms with E-state index in [0.29, 0.717) is 6.42 Å². The van der Waals surface area contributed by atoms with Crippen molar-refractivity contribution in [3.05, 3.63) is 18.1 Å². The molecular formula is C10H13N3O4S. The molecule has 0 radical (unpaired) electrons. The first-order valence-electron chi connectivity index (χ1n) is 5.37. The lowest BCUT2D eigenvalue weighted by Gasteiger charge is -2.10. The molecule has 0 aliphatic carbocycles. The lowest BCUT2D eigenvalue weighted by Crippen LogP contribution is -2.36. The number of nitrogens with zero attached hydrogens (tertiary/aromatic N) is 2. The van der Waals surface area contributed by atoms with E-state index in [1.165, 1.54) is 19.5 Å². The molecule has 1 aromatic heterocycles. The van der Waals surface area contributed by atoms with Crippen LogP contribution < -0.4 is 10.1 Å². The Kier molecular flexibility index (Phi) is 3.46. The molecule has 1 atom stereocenters. The summed E-state index contributed by atoms with van der Waals surface area (Å²) in [4.78, 5) is 19.4. The zero-order valence-corrected chi connectivity index (χ0v) is 10.6. The fourth-order valence-electron chi connectivity index (χ4n) is 1.74. The Morgan fingerprint density at radius 1 is 1.50 bits per heavy atom. The summed E-state index contributed by atoms with van der Waals surface area (Å²) in [5.41, 5.74) is 0.158.